The van der Waals surface area contributed by atoms with E-state index in [0.717, 1.165) is 6.54 Å². The molecule has 0 bridgehead atoms. The highest BCUT2D eigenvalue weighted by Crippen LogP contribution is 2.26. The van der Waals surface area contributed by atoms with Gasteiger partial charge >= 0.3 is 6.03 Å². The van der Waals surface area contributed by atoms with Crippen LogP contribution in [0.1, 0.15) is 12.5 Å². The summed E-state index contributed by atoms with van der Waals surface area (Å²) < 4.78 is 0. The Kier molecular flexibility index (Phi) is 5.40. The van der Waals surface area contributed by atoms with Gasteiger partial charge in [0.05, 0.1) is 10.0 Å². The van der Waals surface area contributed by atoms with Crippen LogP contribution in [0, 0.1) is 6.92 Å². The molecule has 1 N–H and O–H groups in total. The van der Waals surface area contributed by atoms with Crippen molar-refractivity contribution < 1.29 is 4.79 Å². The average Bonchev–Trinajstić information content (AvgIpc) is 2.58. The second-order valence-corrected chi connectivity index (χ2v) is 7.20. The topological polar surface area (TPSA) is 35.6 Å². The molecule has 1 saturated heterocycles. The third kappa shape index (κ3) is 4.20. The van der Waals surface area contributed by atoms with Gasteiger partial charge in [-0.3, -0.25) is 0 Å². The molecule has 0 spiro atoms. The van der Waals surface area contributed by atoms with E-state index < -0.39 is 0 Å². The summed E-state index contributed by atoms with van der Waals surface area (Å²) in [5.41, 5.74) is 3.09. The smallest absolute Gasteiger partial charge is 0.321 e. The first-order valence-electron chi connectivity index (χ1n) is 8.28. The summed E-state index contributed by atoms with van der Waals surface area (Å²) >= 11 is 11.9. The lowest BCUT2D eigenvalue weighted by molar-refractivity contribution is 0.200. The lowest BCUT2D eigenvalue weighted by atomic mass is 10.1. The van der Waals surface area contributed by atoms with E-state index in [1.54, 1.807) is 18.2 Å². The zero-order valence-corrected chi connectivity index (χ0v) is 15.8. The minimum atomic E-state index is -0.117. The number of nitrogens with zero attached hydrogens (tertiary/aromatic N) is 2. The molecule has 6 heteroatoms. The Hall–Kier alpha value is -1.91. The van der Waals surface area contributed by atoms with Gasteiger partial charge in [-0.2, -0.15) is 0 Å². The number of amides is 2. The number of hydrogen-bond donors (Lipinski definition) is 1. The molecule has 25 heavy (non-hydrogen) atoms. The third-order valence-corrected chi connectivity index (χ3v) is 5.16. The van der Waals surface area contributed by atoms with Crippen LogP contribution in [0.25, 0.3) is 0 Å². The first-order chi connectivity index (χ1) is 11.9. The fourth-order valence-electron chi connectivity index (χ4n) is 3.11. The predicted molar refractivity (Wildman–Crippen MR) is 105 cm³/mol. The lowest BCUT2D eigenvalue weighted by Crippen LogP contribution is -2.54. The van der Waals surface area contributed by atoms with E-state index >= 15 is 0 Å². The second kappa shape index (κ2) is 7.54. The van der Waals surface area contributed by atoms with Crippen LogP contribution in [0.4, 0.5) is 16.2 Å². The molecule has 1 fully saturated rings. The fraction of sp³-hybridized carbons (Fsp3) is 0.316. The summed E-state index contributed by atoms with van der Waals surface area (Å²) in [6.07, 6.45) is 0. The highest BCUT2D eigenvalue weighted by Gasteiger charge is 2.27. The fourth-order valence-corrected chi connectivity index (χ4v) is 3.41. The first kappa shape index (κ1) is 17.9. The third-order valence-electron chi connectivity index (χ3n) is 4.42. The summed E-state index contributed by atoms with van der Waals surface area (Å²) in [7, 11) is 0. The molecule has 1 unspecified atom stereocenters. The highest BCUT2D eigenvalue weighted by molar-refractivity contribution is 6.42. The standard InChI is InChI=1S/C19H21Cl2N3O/c1-13-4-3-5-16(10-13)24-9-8-23(12-14(24)2)19(25)22-15-6-7-17(20)18(21)11-15/h3-7,10-11,14H,8-9,12H2,1-2H3,(H,22,25). The number of aryl methyl sites for hydroxylation is 1. The number of hydrogen-bond acceptors (Lipinski definition) is 2. The van der Waals surface area contributed by atoms with Gasteiger partial charge in [0.15, 0.2) is 0 Å². The van der Waals surface area contributed by atoms with Crippen LogP contribution >= 0.6 is 23.2 Å². The minimum Gasteiger partial charge on any atom is -0.365 e. The number of halogens is 2. The maximum atomic E-state index is 12.5. The van der Waals surface area contributed by atoms with Crippen molar-refractivity contribution in [1.29, 1.82) is 0 Å². The van der Waals surface area contributed by atoms with Gasteiger partial charge in [-0.15, -0.1) is 0 Å². The van der Waals surface area contributed by atoms with E-state index in [2.05, 4.69) is 48.3 Å². The van der Waals surface area contributed by atoms with Crippen molar-refractivity contribution in [2.24, 2.45) is 0 Å². The van der Waals surface area contributed by atoms with Crippen LogP contribution in [-0.4, -0.2) is 36.6 Å². The van der Waals surface area contributed by atoms with Gasteiger partial charge in [0.1, 0.15) is 0 Å². The van der Waals surface area contributed by atoms with Crippen LogP contribution in [0.5, 0.6) is 0 Å². The zero-order chi connectivity index (χ0) is 18.0. The quantitative estimate of drug-likeness (QED) is 0.794. The SMILES string of the molecule is Cc1cccc(N2CCN(C(=O)Nc3ccc(Cl)c(Cl)c3)CC2C)c1. The molecule has 0 aromatic heterocycles. The molecule has 2 aromatic carbocycles. The van der Waals surface area contributed by atoms with Gasteiger partial charge in [0.2, 0.25) is 0 Å². The number of urea groups is 1. The molecule has 1 aliphatic heterocycles. The molecular weight excluding hydrogens is 357 g/mol. The van der Waals surface area contributed by atoms with Crippen molar-refractivity contribution in [1.82, 2.24) is 4.90 Å². The highest BCUT2D eigenvalue weighted by atomic mass is 35.5. The summed E-state index contributed by atoms with van der Waals surface area (Å²) in [4.78, 5) is 16.7. The Morgan fingerprint density at radius 1 is 1.12 bits per heavy atom. The number of rotatable bonds is 2. The molecule has 0 saturated carbocycles. The number of benzene rings is 2. The Labute approximate surface area is 158 Å². The molecule has 0 radical (unpaired) electrons. The van der Waals surface area contributed by atoms with Crippen LogP contribution < -0.4 is 10.2 Å². The van der Waals surface area contributed by atoms with Crippen LogP contribution in [0.2, 0.25) is 10.0 Å². The van der Waals surface area contributed by atoms with Gasteiger partial charge in [-0.1, -0.05) is 35.3 Å². The molecule has 2 amide bonds. The maximum Gasteiger partial charge on any atom is 0.321 e. The molecule has 1 atom stereocenters. The van der Waals surface area contributed by atoms with E-state index in [0.29, 0.717) is 28.8 Å². The van der Waals surface area contributed by atoms with Gasteiger partial charge in [-0.05, 0) is 49.7 Å². The molecular formula is C19H21Cl2N3O. The summed E-state index contributed by atoms with van der Waals surface area (Å²) in [6, 6.07) is 13.7. The Morgan fingerprint density at radius 2 is 1.92 bits per heavy atom. The van der Waals surface area contributed by atoms with Crippen molar-refractivity contribution in [2.75, 3.05) is 29.9 Å². The van der Waals surface area contributed by atoms with Crippen LogP contribution in [-0.2, 0) is 0 Å². The molecule has 2 aromatic rings. The van der Waals surface area contributed by atoms with E-state index in [9.17, 15) is 4.79 Å². The van der Waals surface area contributed by atoms with Gasteiger partial charge < -0.3 is 15.1 Å². The van der Waals surface area contributed by atoms with Crippen molar-refractivity contribution in [3.63, 3.8) is 0 Å². The number of carbonyl (C=O) groups excluding carboxylic acids is 1. The predicted octanol–water partition coefficient (Wildman–Crippen LogP) is 5.04. The van der Waals surface area contributed by atoms with Crippen molar-refractivity contribution >= 4 is 40.6 Å². The first-order valence-corrected chi connectivity index (χ1v) is 9.04. The van der Waals surface area contributed by atoms with Crippen LogP contribution in [0.3, 0.4) is 0 Å². The monoisotopic (exact) mass is 377 g/mol. The van der Waals surface area contributed by atoms with Gasteiger partial charge in [0.25, 0.3) is 0 Å². The molecule has 0 aliphatic carbocycles. The summed E-state index contributed by atoms with van der Waals surface area (Å²) in [6.45, 7) is 6.38. The number of nitrogens with one attached hydrogen (secondary N) is 1. The molecule has 3 rings (SSSR count). The molecule has 1 aliphatic rings. The van der Waals surface area contributed by atoms with Crippen LogP contribution in [0.15, 0.2) is 42.5 Å². The number of piperazine rings is 1. The van der Waals surface area contributed by atoms with E-state index in [1.165, 1.54) is 11.3 Å². The second-order valence-electron chi connectivity index (χ2n) is 6.39. The van der Waals surface area contributed by atoms with Crippen molar-refractivity contribution in [2.45, 2.75) is 19.9 Å². The van der Waals surface area contributed by atoms with Gasteiger partial charge in [0, 0.05) is 37.1 Å². The van der Waals surface area contributed by atoms with Crippen molar-refractivity contribution in [3.8, 4) is 0 Å². The molecule has 132 valence electrons. The molecule has 4 nitrogen and oxygen atoms in total. The zero-order valence-electron chi connectivity index (χ0n) is 14.3. The average molecular weight is 378 g/mol. The Morgan fingerprint density at radius 3 is 2.60 bits per heavy atom. The van der Waals surface area contributed by atoms with Gasteiger partial charge in [-0.25, -0.2) is 4.79 Å². The maximum absolute atomic E-state index is 12.5. The largest absolute Gasteiger partial charge is 0.365 e. The van der Waals surface area contributed by atoms with E-state index in [1.807, 2.05) is 4.90 Å². The summed E-state index contributed by atoms with van der Waals surface area (Å²) in [5.74, 6) is 0. The van der Waals surface area contributed by atoms with E-state index in [4.69, 9.17) is 23.2 Å². The van der Waals surface area contributed by atoms with E-state index in [-0.39, 0.29) is 12.1 Å². The Bertz CT molecular complexity index is 781. The lowest BCUT2D eigenvalue weighted by Gasteiger charge is -2.41. The minimum absolute atomic E-state index is 0.117. The Balaban J connectivity index is 1.64. The normalized spacial score (nSPS) is 17.5. The van der Waals surface area contributed by atoms with Crippen molar-refractivity contribution in [3.05, 3.63) is 58.1 Å². The number of anilines is 2. The molecule has 1 heterocycles. The number of carbonyl (C=O) groups is 1. The summed E-state index contributed by atoms with van der Waals surface area (Å²) in [5, 5.41) is 3.79.